The van der Waals surface area contributed by atoms with E-state index in [1.165, 1.54) is 23.0 Å². The molecule has 2 aromatic heterocycles. The number of aromatic nitrogens is 4. The van der Waals surface area contributed by atoms with Gasteiger partial charge in [-0.3, -0.25) is 0 Å². The first-order chi connectivity index (χ1) is 9.60. The Morgan fingerprint density at radius 1 is 1.25 bits per heavy atom. The highest BCUT2D eigenvalue weighted by molar-refractivity contribution is 6.35. The second-order valence-corrected chi connectivity index (χ2v) is 4.55. The number of benzene rings is 1. The minimum atomic E-state index is -0.597. The van der Waals surface area contributed by atoms with Crippen LogP contribution in [-0.2, 0) is 0 Å². The van der Waals surface area contributed by atoms with Crippen LogP contribution in [0.1, 0.15) is 5.56 Å². The summed E-state index contributed by atoms with van der Waals surface area (Å²) >= 11 is 11.7. The number of nitrogens with zero attached hydrogens (tertiary/aromatic N) is 5. The van der Waals surface area contributed by atoms with Gasteiger partial charge in [0.2, 0.25) is 5.28 Å². The van der Waals surface area contributed by atoms with Crippen LogP contribution in [0.2, 0.25) is 10.4 Å². The molecule has 0 amide bonds. The van der Waals surface area contributed by atoms with E-state index in [2.05, 4.69) is 15.1 Å². The fourth-order valence-corrected chi connectivity index (χ4v) is 2.19. The predicted molar refractivity (Wildman–Crippen MR) is 71.4 cm³/mol. The summed E-state index contributed by atoms with van der Waals surface area (Å²) in [5, 5.41) is 13.3. The molecule has 0 saturated heterocycles. The van der Waals surface area contributed by atoms with E-state index in [-0.39, 0.29) is 21.7 Å². The normalized spacial score (nSPS) is 10.7. The molecule has 3 rings (SSSR count). The molecule has 0 atom stereocenters. The summed E-state index contributed by atoms with van der Waals surface area (Å²) < 4.78 is 15.3. The minimum absolute atomic E-state index is 0.0571. The summed E-state index contributed by atoms with van der Waals surface area (Å²) in [4.78, 5) is 7.78. The maximum atomic E-state index is 14.0. The molecule has 0 aliphatic carbocycles. The van der Waals surface area contributed by atoms with Crippen molar-refractivity contribution in [1.82, 2.24) is 19.7 Å². The minimum Gasteiger partial charge on any atom is -0.212 e. The Kier molecular flexibility index (Phi) is 3.01. The fourth-order valence-electron chi connectivity index (χ4n) is 1.77. The predicted octanol–water partition coefficient (Wildman–Crippen LogP) is 3.13. The zero-order valence-electron chi connectivity index (χ0n) is 9.68. The lowest BCUT2D eigenvalue weighted by molar-refractivity contribution is 0.612. The van der Waals surface area contributed by atoms with Crippen molar-refractivity contribution in [2.45, 2.75) is 0 Å². The van der Waals surface area contributed by atoms with Crippen LogP contribution in [0.4, 0.5) is 4.39 Å². The quantitative estimate of drug-likeness (QED) is 0.511. The summed E-state index contributed by atoms with van der Waals surface area (Å²) in [6.07, 6.45) is 1.42. The second kappa shape index (κ2) is 4.71. The molecule has 0 radical (unpaired) electrons. The zero-order chi connectivity index (χ0) is 14.3. The molecule has 0 saturated carbocycles. The van der Waals surface area contributed by atoms with Gasteiger partial charge in [0.1, 0.15) is 16.7 Å². The van der Waals surface area contributed by atoms with Crippen LogP contribution in [0.5, 0.6) is 0 Å². The Hall–Kier alpha value is -2.23. The lowest BCUT2D eigenvalue weighted by atomic mass is 10.2. The van der Waals surface area contributed by atoms with E-state index in [4.69, 9.17) is 28.5 Å². The summed E-state index contributed by atoms with van der Waals surface area (Å²) in [6, 6.07) is 5.89. The van der Waals surface area contributed by atoms with Gasteiger partial charge in [-0.25, -0.2) is 14.1 Å². The number of hydrogen-bond acceptors (Lipinski definition) is 4. The first-order valence-corrected chi connectivity index (χ1v) is 6.12. The molecule has 2 heterocycles. The summed E-state index contributed by atoms with van der Waals surface area (Å²) in [6.45, 7) is 0. The molecular formula is C12H4Cl2FN5. The topological polar surface area (TPSA) is 67.4 Å². The maximum absolute atomic E-state index is 14.0. The average Bonchev–Trinajstić information content (AvgIpc) is 2.82. The van der Waals surface area contributed by atoms with Gasteiger partial charge in [-0.05, 0) is 29.8 Å². The molecule has 0 fully saturated rings. The van der Waals surface area contributed by atoms with E-state index in [0.29, 0.717) is 11.0 Å². The summed E-state index contributed by atoms with van der Waals surface area (Å²) in [5.74, 6) is -0.597. The molecule has 5 nitrogen and oxygen atoms in total. The molecule has 20 heavy (non-hydrogen) atoms. The number of nitriles is 1. The Balaban J connectivity index is 2.28. The van der Waals surface area contributed by atoms with Crippen molar-refractivity contribution in [1.29, 1.82) is 5.26 Å². The molecule has 0 spiro atoms. The van der Waals surface area contributed by atoms with Crippen LogP contribution < -0.4 is 0 Å². The van der Waals surface area contributed by atoms with Crippen LogP contribution in [0.15, 0.2) is 24.4 Å². The molecule has 98 valence electrons. The lowest BCUT2D eigenvalue weighted by Gasteiger charge is -2.05. The molecule has 0 aliphatic rings. The average molecular weight is 308 g/mol. The first-order valence-electron chi connectivity index (χ1n) is 5.37. The van der Waals surface area contributed by atoms with Crippen LogP contribution >= 0.6 is 23.2 Å². The van der Waals surface area contributed by atoms with Crippen LogP contribution in [0, 0.1) is 17.1 Å². The van der Waals surface area contributed by atoms with Gasteiger partial charge in [0, 0.05) is 0 Å². The van der Waals surface area contributed by atoms with E-state index in [1.807, 2.05) is 6.07 Å². The monoisotopic (exact) mass is 307 g/mol. The van der Waals surface area contributed by atoms with Gasteiger partial charge in [-0.2, -0.15) is 15.3 Å². The van der Waals surface area contributed by atoms with Crippen molar-refractivity contribution < 1.29 is 4.39 Å². The Bertz CT molecular complexity index is 868. The Labute approximate surface area is 122 Å². The number of halogens is 3. The van der Waals surface area contributed by atoms with Gasteiger partial charge in [0.05, 0.1) is 23.2 Å². The van der Waals surface area contributed by atoms with Gasteiger partial charge in [-0.15, -0.1) is 0 Å². The highest BCUT2D eigenvalue weighted by Gasteiger charge is 2.14. The highest BCUT2D eigenvalue weighted by atomic mass is 35.5. The van der Waals surface area contributed by atoms with Crippen molar-refractivity contribution in [3.63, 3.8) is 0 Å². The van der Waals surface area contributed by atoms with E-state index >= 15 is 0 Å². The first kappa shape index (κ1) is 12.8. The third kappa shape index (κ3) is 1.97. The van der Waals surface area contributed by atoms with E-state index in [9.17, 15) is 4.39 Å². The van der Waals surface area contributed by atoms with Gasteiger partial charge in [0.15, 0.2) is 5.65 Å². The van der Waals surface area contributed by atoms with Crippen LogP contribution in [0.3, 0.4) is 0 Å². The third-order valence-corrected chi connectivity index (χ3v) is 3.12. The second-order valence-electron chi connectivity index (χ2n) is 3.86. The Morgan fingerprint density at radius 3 is 2.75 bits per heavy atom. The number of hydrogen-bond donors (Lipinski definition) is 0. The molecule has 8 heteroatoms. The fraction of sp³-hybridized carbons (Fsp3) is 0. The molecule has 1 aromatic carbocycles. The summed E-state index contributed by atoms with van der Waals surface area (Å²) in [5.41, 5.74) is 0.650. The molecular weight excluding hydrogens is 304 g/mol. The molecule has 3 aromatic rings. The largest absolute Gasteiger partial charge is 0.225 e. The highest BCUT2D eigenvalue weighted by Crippen LogP contribution is 2.25. The van der Waals surface area contributed by atoms with Gasteiger partial charge in [0.25, 0.3) is 0 Å². The number of rotatable bonds is 1. The van der Waals surface area contributed by atoms with Crippen molar-refractivity contribution in [3.05, 3.63) is 46.2 Å². The van der Waals surface area contributed by atoms with Gasteiger partial charge >= 0.3 is 0 Å². The number of fused-ring (bicyclic) bond motifs is 1. The van der Waals surface area contributed by atoms with Crippen LogP contribution in [0.25, 0.3) is 16.7 Å². The smallest absolute Gasteiger partial charge is 0.212 e. The Morgan fingerprint density at radius 2 is 2.05 bits per heavy atom. The maximum Gasteiger partial charge on any atom is 0.225 e. The lowest BCUT2D eigenvalue weighted by Crippen LogP contribution is -2.01. The van der Waals surface area contributed by atoms with E-state index < -0.39 is 5.82 Å². The molecule has 0 aliphatic heterocycles. The van der Waals surface area contributed by atoms with Crippen LogP contribution in [-0.4, -0.2) is 19.7 Å². The SMILES string of the molecule is N#Cc1ccc(-n2ncc3c(Cl)nc(Cl)nc32)c(F)c1. The zero-order valence-corrected chi connectivity index (χ0v) is 11.2. The van der Waals surface area contributed by atoms with Gasteiger partial charge < -0.3 is 0 Å². The van der Waals surface area contributed by atoms with Crippen molar-refractivity contribution in [2.75, 3.05) is 0 Å². The van der Waals surface area contributed by atoms with Crippen molar-refractivity contribution in [3.8, 4) is 11.8 Å². The molecule has 0 N–H and O–H groups in total. The standard InChI is InChI=1S/C12H4Cl2FN5/c13-10-7-5-17-20(11(7)19-12(14)18-10)9-2-1-6(4-16)3-8(9)15/h1-3,5H. The van der Waals surface area contributed by atoms with Gasteiger partial charge in [-0.1, -0.05) is 11.6 Å². The third-order valence-electron chi connectivity index (χ3n) is 2.66. The van der Waals surface area contributed by atoms with Crippen molar-refractivity contribution in [2.24, 2.45) is 0 Å². The molecule has 0 bridgehead atoms. The summed E-state index contributed by atoms with van der Waals surface area (Å²) in [7, 11) is 0. The van der Waals surface area contributed by atoms with E-state index in [0.717, 1.165) is 6.07 Å². The van der Waals surface area contributed by atoms with Crippen molar-refractivity contribution >= 4 is 34.2 Å². The van der Waals surface area contributed by atoms with E-state index in [1.54, 1.807) is 0 Å². The molecule has 0 unspecified atom stereocenters.